The Morgan fingerprint density at radius 3 is 2.36 bits per heavy atom. The Kier molecular flexibility index (Phi) is 6.01. The molecule has 0 heterocycles. The third kappa shape index (κ3) is 4.78. The molecule has 1 atom stereocenters. The first kappa shape index (κ1) is 18.1. The van der Waals surface area contributed by atoms with Gasteiger partial charge in [-0.3, -0.25) is 9.59 Å². The van der Waals surface area contributed by atoms with Gasteiger partial charge in [0.05, 0.1) is 0 Å². The second-order valence-electron chi connectivity index (χ2n) is 4.88. The van der Waals surface area contributed by atoms with Gasteiger partial charge in [-0.05, 0) is 18.1 Å². The van der Waals surface area contributed by atoms with Crippen LogP contribution in [0.3, 0.4) is 0 Å². The largest absolute Gasteiger partial charge is 0.480 e. The highest BCUT2D eigenvalue weighted by Crippen LogP contribution is 2.15. The number of nitrogens with one attached hydrogen (secondary N) is 2. The number of hydrogen-bond acceptors (Lipinski definition) is 4. The lowest BCUT2D eigenvalue weighted by atomic mass is 10.1. The molecule has 1 aromatic carbocycles. The molecule has 22 heavy (non-hydrogen) atoms. The molecule has 3 N–H and O–H groups in total. The van der Waals surface area contributed by atoms with Gasteiger partial charge >= 0.3 is 5.97 Å². The molecule has 7 nitrogen and oxygen atoms in total. The van der Waals surface area contributed by atoms with Gasteiger partial charge < -0.3 is 10.4 Å². The van der Waals surface area contributed by atoms with E-state index in [2.05, 4.69) is 10.0 Å². The summed E-state index contributed by atoms with van der Waals surface area (Å²) in [6.45, 7) is 2.52. The van der Waals surface area contributed by atoms with E-state index in [1.165, 1.54) is 12.1 Å². The summed E-state index contributed by atoms with van der Waals surface area (Å²) in [5, 5.41) is 10.6. The average Bonchev–Trinajstić information content (AvgIpc) is 2.42. The predicted octanol–water partition coefficient (Wildman–Crippen LogP) is 0.329. The lowest BCUT2D eigenvalue weighted by molar-refractivity contribution is -0.138. The molecule has 0 saturated heterocycles. The van der Waals surface area contributed by atoms with Crippen LogP contribution in [0.2, 0.25) is 0 Å². The van der Waals surface area contributed by atoms with E-state index in [0.717, 1.165) is 12.1 Å². The SMILES string of the molecule is CC(C)[C@H](NS(=O)(=O)c1ccccc1F)C(=O)NCC(=O)O. The molecule has 0 fully saturated rings. The number of carbonyl (C=O) groups is 2. The summed E-state index contributed by atoms with van der Waals surface area (Å²) in [6, 6.07) is 3.54. The molecule has 1 aromatic rings. The standard InChI is InChI=1S/C13H17FN2O5S/c1-8(2)12(13(19)15-7-11(17)18)16-22(20,21)10-6-4-3-5-9(10)14/h3-6,8,12,16H,7H2,1-2H3,(H,15,19)(H,17,18)/t12-/m0/s1. The van der Waals surface area contributed by atoms with Crippen molar-refractivity contribution in [2.24, 2.45) is 5.92 Å². The Balaban J connectivity index is 2.98. The molecule has 0 bridgehead atoms. The number of carbonyl (C=O) groups excluding carboxylic acids is 1. The zero-order chi connectivity index (χ0) is 16.9. The first-order valence-electron chi connectivity index (χ1n) is 6.41. The van der Waals surface area contributed by atoms with Crippen LogP contribution < -0.4 is 10.0 Å². The highest BCUT2D eigenvalue weighted by Gasteiger charge is 2.29. The monoisotopic (exact) mass is 332 g/mol. The van der Waals surface area contributed by atoms with Crippen LogP contribution in [0.4, 0.5) is 4.39 Å². The number of carboxylic acid groups (broad SMARTS) is 1. The first-order chi connectivity index (χ1) is 10.1. The number of aliphatic carboxylic acids is 1. The van der Waals surface area contributed by atoms with Crippen LogP contribution >= 0.6 is 0 Å². The second kappa shape index (κ2) is 7.32. The van der Waals surface area contributed by atoms with Crippen molar-refractivity contribution < 1.29 is 27.5 Å². The van der Waals surface area contributed by atoms with Crippen LogP contribution in [0.25, 0.3) is 0 Å². The van der Waals surface area contributed by atoms with E-state index in [9.17, 15) is 22.4 Å². The van der Waals surface area contributed by atoms with Crippen molar-refractivity contribution in [3.05, 3.63) is 30.1 Å². The maximum absolute atomic E-state index is 13.6. The van der Waals surface area contributed by atoms with Crippen LogP contribution in [0.1, 0.15) is 13.8 Å². The molecule has 0 saturated carbocycles. The van der Waals surface area contributed by atoms with Crippen LogP contribution in [0.5, 0.6) is 0 Å². The summed E-state index contributed by atoms with van der Waals surface area (Å²) in [6.07, 6.45) is 0. The fourth-order valence-electron chi connectivity index (χ4n) is 1.66. The van der Waals surface area contributed by atoms with Crippen molar-refractivity contribution in [1.29, 1.82) is 0 Å². The normalized spacial score (nSPS) is 12.9. The van der Waals surface area contributed by atoms with Crippen molar-refractivity contribution >= 4 is 21.9 Å². The molecule has 9 heteroatoms. The van der Waals surface area contributed by atoms with Crippen LogP contribution in [0, 0.1) is 11.7 Å². The third-order valence-electron chi connectivity index (χ3n) is 2.77. The van der Waals surface area contributed by atoms with Crippen molar-refractivity contribution in [3.8, 4) is 0 Å². The molecule has 0 aliphatic heterocycles. The highest BCUT2D eigenvalue weighted by molar-refractivity contribution is 7.89. The maximum atomic E-state index is 13.6. The highest BCUT2D eigenvalue weighted by atomic mass is 32.2. The maximum Gasteiger partial charge on any atom is 0.322 e. The van der Waals surface area contributed by atoms with Gasteiger partial charge in [0, 0.05) is 0 Å². The van der Waals surface area contributed by atoms with E-state index in [1.807, 2.05) is 0 Å². The fraction of sp³-hybridized carbons (Fsp3) is 0.385. The van der Waals surface area contributed by atoms with E-state index in [1.54, 1.807) is 13.8 Å². The van der Waals surface area contributed by atoms with Gasteiger partial charge in [0.25, 0.3) is 0 Å². The molecule has 0 aliphatic carbocycles. The lowest BCUT2D eigenvalue weighted by Gasteiger charge is -2.21. The molecular formula is C13H17FN2O5S. The molecule has 0 unspecified atom stereocenters. The number of rotatable bonds is 7. The Hall–Kier alpha value is -2.00. The van der Waals surface area contributed by atoms with Crippen LogP contribution in [0.15, 0.2) is 29.2 Å². The summed E-state index contributed by atoms with van der Waals surface area (Å²) in [5.41, 5.74) is 0. The Morgan fingerprint density at radius 1 is 1.27 bits per heavy atom. The van der Waals surface area contributed by atoms with E-state index in [0.29, 0.717) is 0 Å². The number of amides is 1. The van der Waals surface area contributed by atoms with Crippen molar-refractivity contribution in [1.82, 2.24) is 10.0 Å². The minimum Gasteiger partial charge on any atom is -0.480 e. The van der Waals surface area contributed by atoms with Crippen LogP contribution in [-0.2, 0) is 19.6 Å². The smallest absolute Gasteiger partial charge is 0.322 e. The van der Waals surface area contributed by atoms with E-state index >= 15 is 0 Å². The Bertz CT molecular complexity index is 660. The first-order valence-corrected chi connectivity index (χ1v) is 7.90. The Labute approximate surface area is 127 Å². The van der Waals surface area contributed by atoms with E-state index in [-0.39, 0.29) is 0 Å². The van der Waals surface area contributed by atoms with Crippen LogP contribution in [-0.4, -0.2) is 38.0 Å². The van der Waals surface area contributed by atoms with Gasteiger partial charge in [0.1, 0.15) is 23.3 Å². The van der Waals surface area contributed by atoms with Crippen molar-refractivity contribution in [2.75, 3.05) is 6.54 Å². The molecule has 0 spiro atoms. The number of carboxylic acids is 1. The van der Waals surface area contributed by atoms with E-state index in [4.69, 9.17) is 5.11 Å². The summed E-state index contributed by atoms with van der Waals surface area (Å²) < 4.78 is 40.0. The molecule has 0 aromatic heterocycles. The zero-order valence-corrected chi connectivity index (χ0v) is 12.9. The van der Waals surface area contributed by atoms with Crippen molar-refractivity contribution in [2.45, 2.75) is 24.8 Å². The molecule has 122 valence electrons. The average molecular weight is 332 g/mol. The lowest BCUT2D eigenvalue weighted by Crippen LogP contribution is -2.50. The third-order valence-corrected chi connectivity index (χ3v) is 4.25. The van der Waals surface area contributed by atoms with Gasteiger partial charge in [-0.15, -0.1) is 0 Å². The quantitative estimate of drug-likeness (QED) is 0.666. The minimum absolute atomic E-state index is 0.463. The van der Waals surface area contributed by atoms with Gasteiger partial charge in [0.15, 0.2) is 0 Å². The van der Waals surface area contributed by atoms with Gasteiger partial charge in [-0.2, -0.15) is 4.72 Å². The molecule has 1 rings (SSSR count). The van der Waals surface area contributed by atoms with Gasteiger partial charge in [-0.25, -0.2) is 12.8 Å². The summed E-state index contributed by atoms with van der Waals surface area (Å²) in [5.74, 6) is -3.45. The molecular weight excluding hydrogens is 315 g/mol. The summed E-state index contributed by atoms with van der Waals surface area (Å²) in [4.78, 5) is 21.8. The van der Waals surface area contributed by atoms with Crippen molar-refractivity contribution in [3.63, 3.8) is 0 Å². The zero-order valence-electron chi connectivity index (χ0n) is 12.0. The van der Waals surface area contributed by atoms with E-state index < -0.39 is 51.1 Å². The number of hydrogen-bond donors (Lipinski definition) is 3. The topological polar surface area (TPSA) is 113 Å². The van der Waals surface area contributed by atoms with Gasteiger partial charge in [-0.1, -0.05) is 26.0 Å². The second-order valence-corrected chi connectivity index (χ2v) is 6.57. The molecule has 0 aliphatic rings. The molecule has 1 amide bonds. The molecule has 0 radical (unpaired) electrons. The van der Waals surface area contributed by atoms with Gasteiger partial charge in [0.2, 0.25) is 15.9 Å². The summed E-state index contributed by atoms with van der Waals surface area (Å²) in [7, 11) is -4.25. The predicted molar refractivity (Wildman–Crippen MR) is 76.0 cm³/mol. The fourth-order valence-corrected chi connectivity index (χ4v) is 3.08. The number of halogens is 1. The summed E-state index contributed by atoms with van der Waals surface area (Å²) >= 11 is 0. The Morgan fingerprint density at radius 2 is 1.86 bits per heavy atom. The minimum atomic E-state index is -4.25. The number of sulfonamides is 1. The number of benzene rings is 1.